The molecule has 3 rings (SSSR count). The molecule has 0 aromatic heterocycles. The number of benzene rings is 2. The molecule has 2 aromatic carbocycles. The van der Waals surface area contributed by atoms with Gasteiger partial charge in [0.1, 0.15) is 10.8 Å². The largest absolute Gasteiger partial charge is 0.597 e. The van der Waals surface area contributed by atoms with Gasteiger partial charge in [0.15, 0.2) is 0 Å². The molecule has 0 radical (unpaired) electrons. The molecule has 4 nitrogen and oxygen atoms in total. The molecule has 2 aromatic rings. The molecule has 1 heterocycles. The average Bonchev–Trinajstić information content (AvgIpc) is 2.78. The fraction of sp³-hybridized carbons (Fsp3) is 0.538. The van der Waals surface area contributed by atoms with Gasteiger partial charge in [0, 0.05) is 15.3 Å². The van der Waals surface area contributed by atoms with Crippen LogP contribution in [0.3, 0.4) is 0 Å². The van der Waals surface area contributed by atoms with Gasteiger partial charge in [-0.1, -0.05) is 83.3 Å². The van der Waals surface area contributed by atoms with Crippen LogP contribution in [0.1, 0.15) is 51.7 Å². The quantitative estimate of drug-likeness (QED) is 0.214. The second-order valence-corrected chi connectivity index (χ2v) is 13.3. The van der Waals surface area contributed by atoms with Crippen molar-refractivity contribution in [2.45, 2.75) is 80.6 Å². The first-order chi connectivity index (χ1) is 15.3. The van der Waals surface area contributed by atoms with Crippen LogP contribution in [0.2, 0.25) is 0 Å². The van der Waals surface area contributed by atoms with Crippen LogP contribution < -0.4 is 0 Å². The van der Waals surface area contributed by atoms with E-state index in [0.717, 1.165) is 24.0 Å². The summed E-state index contributed by atoms with van der Waals surface area (Å²) in [6.45, 7) is 9.87. The summed E-state index contributed by atoms with van der Waals surface area (Å²) in [7, 11) is 0. The number of hydrogen-bond donors (Lipinski definition) is 0. The predicted molar refractivity (Wildman–Crippen MR) is 141 cm³/mol. The minimum Gasteiger partial charge on any atom is -0.597 e. The van der Waals surface area contributed by atoms with E-state index in [-0.39, 0.29) is 23.0 Å². The molecule has 6 heteroatoms. The Bertz CT molecular complexity index is 802. The van der Waals surface area contributed by atoms with E-state index >= 15 is 0 Å². The number of ether oxygens (including phenoxy) is 2. The molecule has 0 aliphatic carbocycles. The van der Waals surface area contributed by atoms with Crippen molar-refractivity contribution < 1.29 is 14.0 Å². The highest BCUT2D eigenvalue weighted by Crippen LogP contribution is 2.33. The molecule has 5 atom stereocenters. The maximum Gasteiger partial charge on any atom is 0.137 e. The Kier molecular flexibility index (Phi) is 9.88. The van der Waals surface area contributed by atoms with Crippen LogP contribution in [0.15, 0.2) is 60.7 Å². The zero-order chi connectivity index (χ0) is 23.1. The van der Waals surface area contributed by atoms with Crippen LogP contribution in [0, 0.1) is 0 Å². The third kappa shape index (κ3) is 7.43. The first-order valence-corrected chi connectivity index (χ1v) is 13.7. The number of alkyl halides is 1. The lowest BCUT2D eigenvalue weighted by Gasteiger charge is -2.43. The molecule has 176 valence electrons. The molecule has 0 spiro atoms. The fourth-order valence-corrected chi connectivity index (χ4v) is 5.87. The third-order valence-electron chi connectivity index (χ3n) is 5.74. The molecule has 1 aliphatic rings. The summed E-state index contributed by atoms with van der Waals surface area (Å²) in [5.74, 6) is 0. The van der Waals surface area contributed by atoms with Gasteiger partial charge in [-0.05, 0) is 51.7 Å². The zero-order valence-electron chi connectivity index (χ0n) is 19.6. The summed E-state index contributed by atoms with van der Waals surface area (Å²) in [6.07, 6.45) is 2.21. The van der Waals surface area contributed by atoms with Crippen molar-refractivity contribution in [1.82, 2.24) is 4.31 Å². The maximum atomic E-state index is 13.8. The smallest absolute Gasteiger partial charge is 0.137 e. The van der Waals surface area contributed by atoms with Gasteiger partial charge < -0.3 is 14.0 Å². The van der Waals surface area contributed by atoms with Crippen LogP contribution in [0.5, 0.6) is 0 Å². The van der Waals surface area contributed by atoms with Crippen LogP contribution in [-0.2, 0) is 34.0 Å². The molecule has 32 heavy (non-hydrogen) atoms. The Hall–Kier alpha value is -0.640. The molecule has 1 aliphatic heterocycles. The summed E-state index contributed by atoms with van der Waals surface area (Å²) >= 11 is 1.28. The van der Waals surface area contributed by atoms with E-state index in [9.17, 15) is 4.55 Å². The first kappa shape index (κ1) is 26.0. The second-order valence-electron chi connectivity index (χ2n) is 9.46. The van der Waals surface area contributed by atoms with E-state index in [2.05, 4.69) is 58.1 Å². The van der Waals surface area contributed by atoms with Gasteiger partial charge in [-0.2, -0.15) is 0 Å². The Morgan fingerprint density at radius 3 is 2.22 bits per heavy atom. The molecule has 1 saturated heterocycles. The summed E-state index contributed by atoms with van der Waals surface area (Å²) in [4.78, 5) is 0. The highest BCUT2D eigenvalue weighted by atomic mass is 127. The van der Waals surface area contributed by atoms with E-state index < -0.39 is 11.4 Å². The van der Waals surface area contributed by atoms with Crippen LogP contribution in [0.4, 0.5) is 0 Å². The Balaban J connectivity index is 1.84. The van der Waals surface area contributed by atoms with Gasteiger partial charge in [-0.3, -0.25) is 0 Å². The van der Waals surface area contributed by atoms with E-state index in [1.54, 1.807) is 0 Å². The Labute approximate surface area is 210 Å². The summed E-state index contributed by atoms with van der Waals surface area (Å²) < 4.78 is 28.7. The number of rotatable bonds is 9. The standard InChI is InChI=1S/C26H36INO3S/c1-20-23(27)15-16-25(31-20)24(19-30-18-22-13-9-6-10-14-22)28(32(29)26(2,3)4)17-21-11-7-5-8-12-21/h5-14,20,23-25H,15-19H2,1-4H3/t20?,23?,24-,25-,32-/m0/s1. The van der Waals surface area contributed by atoms with Gasteiger partial charge in [-0.25, -0.2) is 0 Å². The van der Waals surface area contributed by atoms with Crippen LogP contribution in [-0.4, -0.2) is 42.4 Å². The highest BCUT2D eigenvalue weighted by molar-refractivity contribution is 14.1. The monoisotopic (exact) mass is 569 g/mol. The molecule has 0 bridgehead atoms. The van der Waals surface area contributed by atoms with E-state index in [1.165, 1.54) is 0 Å². The van der Waals surface area contributed by atoms with Crippen molar-refractivity contribution in [2.24, 2.45) is 0 Å². The van der Waals surface area contributed by atoms with Crippen molar-refractivity contribution >= 4 is 34.0 Å². The number of nitrogens with zero attached hydrogens (tertiary/aromatic N) is 1. The van der Waals surface area contributed by atoms with E-state index in [0.29, 0.717) is 23.7 Å². The van der Waals surface area contributed by atoms with E-state index in [4.69, 9.17) is 9.47 Å². The molecule has 0 N–H and O–H groups in total. The fourth-order valence-electron chi connectivity index (χ4n) is 3.93. The summed E-state index contributed by atoms with van der Waals surface area (Å²) in [5.41, 5.74) is 2.29. The van der Waals surface area contributed by atoms with Gasteiger partial charge in [0.2, 0.25) is 0 Å². The van der Waals surface area contributed by atoms with Crippen molar-refractivity contribution in [3.8, 4) is 0 Å². The Morgan fingerprint density at radius 2 is 1.66 bits per heavy atom. The molecule has 0 saturated carbocycles. The summed E-state index contributed by atoms with van der Waals surface area (Å²) in [5, 5.41) is 0. The predicted octanol–water partition coefficient (Wildman–Crippen LogP) is 5.91. The minimum absolute atomic E-state index is 0.0122. The topological polar surface area (TPSA) is 44.8 Å². The molecular weight excluding hydrogens is 533 g/mol. The SMILES string of the molecule is CC1O[C@H]([C@H](COCc2ccccc2)N(Cc2ccccc2)[S@@+]([O-])C(C)(C)C)CCC1I. The minimum atomic E-state index is -1.20. The van der Waals surface area contributed by atoms with Gasteiger partial charge >= 0.3 is 0 Å². The first-order valence-electron chi connectivity index (χ1n) is 11.4. The van der Waals surface area contributed by atoms with Gasteiger partial charge in [-0.15, -0.1) is 4.31 Å². The van der Waals surface area contributed by atoms with E-state index in [1.807, 2.05) is 57.2 Å². The highest BCUT2D eigenvalue weighted by Gasteiger charge is 2.43. The molecule has 2 unspecified atom stereocenters. The molecule has 1 fully saturated rings. The van der Waals surface area contributed by atoms with Crippen molar-refractivity contribution in [2.75, 3.05) is 6.61 Å². The number of halogens is 1. The lowest BCUT2D eigenvalue weighted by molar-refractivity contribution is -0.0839. The van der Waals surface area contributed by atoms with Gasteiger partial charge in [0.05, 0.1) is 32.0 Å². The molecular formula is C26H36INO3S. The third-order valence-corrected chi connectivity index (χ3v) is 9.25. The summed E-state index contributed by atoms with van der Waals surface area (Å²) in [6, 6.07) is 20.4. The molecule has 0 amide bonds. The van der Waals surface area contributed by atoms with Crippen LogP contribution >= 0.6 is 22.6 Å². The van der Waals surface area contributed by atoms with Crippen molar-refractivity contribution in [1.29, 1.82) is 0 Å². The van der Waals surface area contributed by atoms with Crippen molar-refractivity contribution in [3.05, 3.63) is 71.8 Å². The zero-order valence-corrected chi connectivity index (χ0v) is 22.6. The normalized spacial score (nSPS) is 23.8. The second kappa shape index (κ2) is 12.2. The van der Waals surface area contributed by atoms with Crippen LogP contribution in [0.25, 0.3) is 0 Å². The number of hydrogen-bond acceptors (Lipinski definition) is 4. The van der Waals surface area contributed by atoms with Gasteiger partial charge in [0.25, 0.3) is 0 Å². The lowest BCUT2D eigenvalue weighted by atomic mass is 9.99. The lowest BCUT2D eigenvalue weighted by Crippen LogP contribution is -2.56. The van der Waals surface area contributed by atoms with Crippen molar-refractivity contribution in [3.63, 3.8) is 0 Å². The Morgan fingerprint density at radius 1 is 1.06 bits per heavy atom. The maximum absolute atomic E-state index is 13.8. The average molecular weight is 570 g/mol.